The third-order valence-corrected chi connectivity index (χ3v) is 6.39. The average Bonchev–Trinajstić information content (AvgIpc) is 2.85. The van der Waals surface area contributed by atoms with E-state index in [1.54, 1.807) is 37.4 Å². The minimum Gasteiger partial charge on any atom is -0.438 e. The van der Waals surface area contributed by atoms with E-state index >= 15 is 0 Å². The summed E-state index contributed by atoms with van der Waals surface area (Å²) in [5.74, 6) is 1.56. The minimum atomic E-state index is -0.417. The van der Waals surface area contributed by atoms with Crippen molar-refractivity contribution in [2.45, 2.75) is 26.7 Å². The van der Waals surface area contributed by atoms with E-state index in [0.717, 1.165) is 42.4 Å². The van der Waals surface area contributed by atoms with Gasteiger partial charge in [0.2, 0.25) is 5.88 Å². The number of carbonyl (C=O) groups excluding carboxylic acids is 1. The fourth-order valence-corrected chi connectivity index (χ4v) is 4.42. The van der Waals surface area contributed by atoms with Crippen molar-refractivity contribution in [3.63, 3.8) is 0 Å². The van der Waals surface area contributed by atoms with Gasteiger partial charge in [-0.1, -0.05) is 31.2 Å². The summed E-state index contributed by atoms with van der Waals surface area (Å²) in [7, 11) is 0. The first-order valence-electron chi connectivity index (χ1n) is 11.8. The average molecular weight is 471 g/mol. The molecule has 1 N–H and O–H groups in total. The van der Waals surface area contributed by atoms with Crippen LogP contribution in [0.3, 0.4) is 0 Å². The second-order valence-corrected chi connectivity index (χ2v) is 9.02. The largest absolute Gasteiger partial charge is 0.438 e. The van der Waals surface area contributed by atoms with Crippen LogP contribution in [0, 0.1) is 18.7 Å². The van der Waals surface area contributed by atoms with Gasteiger partial charge in [0.15, 0.2) is 0 Å². The number of nitrogens with one attached hydrogen (secondary N) is 1. The highest BCUT2D eigenvalue weighted by Gasteiger charge is 2.19. The first-order valence-corrected chi connectivity index (χ1v) is 11.8. The first-order chi connectivity index (χ1) is 17.0. The van der Waals surface area contributed by atoms with Gasteiger partial charge in [-0.3, -0.25) is 4.79 Å². The molecule has 1 saturated heterocycles. The Labute approximate surface area is 203 Å². The van der Waals surface area contributed by atoms with Crippen LogP contribution in [-0.4, -0.2) is 29.0 Å². The van der Waals surface area contributed by atoms with Crippen LogP contribution in [0.15, 0.2) is 66.9 Å². The van der Waals surface area contributed by atoms with Gasteiger partial charge in [-0.2, -0.15) is 4.98 Å². The van der Waals surface area contributed by atoms with Crippen molar-refractivity contribution in [2.24, 2.45) is 5.92 Å². The highest BCUT2D eigenvalue weighted by Crippen LogP contribution is 2.34. The van der Waals surface area contributed by atoms with Gasteiger partial charge >= 0.3 is 0 Å². The Hall–Kier alpha value is -4.00. The van der Waals surface area contributed by atoms with Crippen molar-refractivity contribution in [3.05, 3.63) is 84.1 Å². The maximum Gasteiger partial charge on any atom is 0.255 e. The third-order valence-electron chi connectivity index (χ3n) is 6.39. The number of anilines is 2. The molecule has 178 valence electrons. The summed E-state index contributed by atoms with van der Waals surface area (Å²) < 4.78 is 20.5. The number of aryl methyl sites for hydroxylation is 1. The zero-order chi connectivity index (χ0) is 24.4. The summed E-state index contributed by atoms with van der Waals surface area (Å²) in [6.45, 7) is 5.76. The van der Waals surface area contributed by atoms with E-state index in [1.165, 1.54) is 12.1 Å². The van der Waals surface area contributed by atoms with Crippen LogP contribution in [0.2, 0.25) is 0 Å². The Morgan fingerprint density at radius 1 is 1.06 bits per heavy atom. The number of hydrogen-bond acceptors (Lipinski definition) is 5. The van der Waals surface area contributed by atoms with Crippen LogP contribution in [0.1, 0.15) is 35.9 Å². The quantitative estimate of drug-likeness (QED) is 0.368. The molecule has 0 radical (unpaired) electrons. The van der Waals surface area contributed by atoms with Crippen molar-refractivity contribution in [1.29, 1.82) is 0 Å². The molecule has 0 spiro atoms. The summed E-state index contributed by atoms with van der Waals surface area (Å²) in [5.41, 5.74) is 1.66. The first kappa shape index (κ1) is 22.8. The highest BCUT2D eigenvalue weighted by atomic mass is 19.1. The van der Waals surface area contributed by atoms with E-state index in [9.17, 15) is 9.18 Å². The number of benzene rings is 3. The van der Waals surface area contributed by atoms with Crippen LogP contribution in [0.25, 0.3) is 10.8 Å². The molecule has 0 bridgehead atoms. The van der Waals surface area contributed by atoms with E-state index in [2.05, 4.69) is 27.1 Å². The summed E-state index contributed by atoms with van der Waals surface area (Å²) in [6.07, 6.45) is 3.77. The second-order valence-electron chi connectivity index (χ2n) is 9.02. The molecule has 1 fully saturated rings. The van der Waals surface area contributed by atoms with Crippen molar-refractivity contribution in [2.75, 3.05) is 23.3 Å². The second kappa shape index (κ2) is 9.70. The highest BCUT2D eigenvalue weighted by molar-refractivity contribution is 6.10. The topological polar surface area (TPSA) is 67.3 Å². The molecule has 1 aliphatic heterocycles. The Morgan fingerprint density at radius 3 is 2.60 bits per heavy atom. The number of halogens is 1. The van der Waals surface area contributed by atoms with E-state index < -0.39 is 5.82 Å². The Balaban J connectivity index is 1.41. The van der Waals surface area contributed by atoms with Crippen LogP contribution in [0.4, 0.5) is 15.8 Å². The molecule has 0 saturated carbocycles. The number of carbonyl (C=O) groups is 1. The molecular weight excluding hydrogens is 443 g/mol. The van der Waals surface area contributed by atoms with E-state index in [-0.39, 0.29) is 5.91 Å². The molecule has 7 heteroatoms. The van der Waals surface area contributed by atoms with E-state index in [1.807, 2.05) is 24.3 Å². The molecule has 0 aliphatic carbocycles. The van der Waals surface area contributed by atoms with Crippen molar-refractivity contribution >= 4 is 28.1 Å². The molecule has 0 atom stereocenters. The maximum absolute atomic E-state index is 14.5. The van der Waals surface area contributed by atoms with Gasteiger partial charge < -0.3 is 15.0 Å². The summed E-state index contributed by atoms with van der Waals surface area (Å²) in [4.78, 5) is 23.7. The lowest BCUT2D eigenvalue weighted by atomic mass is 9.98. The number of fused-ring (bicyclic) bond motifs is 1. The number of rotatable bonds is 5. The summed E-state index contributed by atoms with van der Waals surface area (Å²) in [5, 5.41) is 4.59. The fourth-order valence-electron chi connectivity index (χ4n) is 4.42. The van der Waals surface area contributed by atoms with Gasteiger partial charge in [-0.15, -0.1) is 0 Å². The molecule has 1 aliphatic rings. The number of piperidine rings is 1. The van der Waals surface area contributed by atoms with Crippen LogP contribution in [0.5, 0.6) is 11.6 Å². The molecule has 4 aromatic rings. The van der Waals surface area contributed by atoms with Gasteiger partial charge in [-0.05, 0) is 56.0 Å². The van der Waals surface area contributed by atoms with Gasteiger partial charge in [0, 0.05) is 53.1 Å². The lowest BCUT2D eigenvalue weighted by Crippen LogP contribution is -2.33. The molecule has 35 heavy (non-hydrogen) atoms. The minimum absolute atomic E-state index is 0.291. The Bertz CT molecular complexity index is 1380. The monoisotopic (exact) mass is 470 g/mol. The molecule has 1 aromatic heterocycles. The predicted molar refractivity (Wildman–Crippen MR) is 136 cm³/mol. The lowest BCUT2D eigenvalue weighted by Gasteiger charge is -2.32. The Morgan fingerprint density at radius 2 is 1.83 bits per heavy atom. The lowest BCUT2D eigenvalue weighted by molar-refractivity contribution is 0.102. The smallest absolute Gasteiger partial charge is 0.255 e. The number of nitrogens with zero attached hydrogens (tertiary/aromatic N) is 3. The fraction of sp³-hybridized carbons (Fsp3) is 0.250. The zero-order valence-electron chi connectivity index (χ0n) is 19.8. The molecular formula is C28H27FN4O2. The van der Waals surface area contributed by atoms with Crippen LogP contribution >= 0.6 is 0 Å². The molecule has 1 amide bonds. The number of hydrogen-bond donors (Lipinski definition) is 1. The summed E-state index contributed by atoms with van der Waals surface area (Å²) in [6, 6.07) is 17.5. The van der Waals surface area contributed by atoms with Crippen molar-refractivity contribution in [3.8, 4) is 11.6 Å². The van der Waals surface area contributed by atoms with Crippen molar-refractivity contribution in [1.82, 2.24) is 9.97 Å². The molecule has 2 heterocycles. The van der Waals surface area contributed by atoms with Crippen LogP contribution < -0.4 is 15.0 Å². The van der Waals surface area contributed by atoms with E-state index in [0.29, 0.717) is 34.6 Å². The standard InChI is InChI=1S/C28H27FN4O2/c1-18-10-13-33(14-11-18)22-16-20(15-21(29)17-22)28(34)32-25-7-8-26(24-6-4-3-5-23(24)25)35-27-9-12-30-19(2)31-27/h3-9,12,15-18H,10-11,13-14H2,1-2H3,(H,32,34). The number of amides is 1. The normalized spacial score (nSPS) is 14.2. The Kier molecular flexibility index (Phi) is 6.31. The number of aromatic nitrogens is 2. The predicted octanol–water partition coefficient (Wildman–Crippen LogP) is 6.36. The molecule has 3 aromatic carbocycles. The van der Waals surface area contributed by atoms with Crippen LogP contribution in [-0.2, 0) is 0 Å². The number of ether oxygens (including phenoxy) is 1. The van der Waals surface area contributed by atoms with Gasteiger partial charge in [0.25, 0.3) is 5.91 Å². The third kappa shape index (κ3) is 5.09. The molecule has 5 rings (SSSR count). The SMILES string of the molecule is Cc1nccc(Oc2ccc(NC(=O)c3cc(F)cc(N4CCC(C)CC4)c3)c3ccccc23)n1. The van der Waals surface area contributed by atoms with Crippen molar-refractivity contribution < 1.29 is 13.9 Å². The molecule has 0 unspecified atom stereocenters. The maximum atomic E-state index is 14.5. The molecule has 6 nitrogen and oxygen atoms in total. The van der Waals surface area contributed by atoms with Gasteiger partial charge in [-0.25, -0.2) is 9.37 Å². The van der Waals surface area contributed by atoms with Gasteiger partial charge in [0.1, 0.15) is 17.4 Å². The zero-order valence-corrected chi connectivity index (χ0v) is 19.8. The van der Waals surface area contributed by atoms with Gasteiger partial charge in [0.05, 0.1) is 0 Å². The summed E-state index contributed by atoms with van der Waals surface area (Å²) >= 11 is 0. The van der Waals surface area contributed by atoms with E-state index in [4.69, 9.17) is 4.74 Å².